The van der Waals surface area contributed by atoms with E-state index in [9.17, 15) is 4.79 Å². The molecule has 0 spiro atoms. The van der Waals surface area contributed by atoms with E-state index < -0.39 is 0 Å². The third kappa shape index (κ3) is 3.39. The standard InChI is InChI=1S/C20H17ClN6O/c1-12-9-22-19(25-13(2)28)8-15(12)14-7-18(20-23-11-24-26-20)27(10-14)17-6-4-3-5-16(17)21/h3-11H,1-2H3,(H,22,25,28)(H,23,24,26). The summed E-state index contributed by atoms with van der Waals surface area (Å²) in [5, 5.41) is 10.3. The Morgan fingerprint density at radius 3 is 2.75 bits per heavy atom. The van der Waals surface area contributed by atoms with Gasteiger partial charge in [-0.25, -0.2) is 9.97 Å². The van der Waals surface area contributed by atoms with Crippen LogP contribution in [0.4, 0.5) is 5.82 Å². The lowest BCUT2D eigenvalue weighted by Gasteiger charge is -2.09. The minimum absolute atomic E-state index is 0.169. The van der Waals surface area contributed by atoms with Crippen molar-refractivity contribution in [1.29, 1.82) is 0 Å². The molecule has 3 aromatic heterocycles. The minimum Gasteiger partial charge on any atom is -0.312 e. The number of amides is 1. The van der Waals surface area contributed by atoms with Crippen molar-refractivity contribution in [2.75, 3.05) is 5.32 Å². The summed E-state index contributed by atoms with van der Waals surface area (Å²) in [5.74, 6) is 0.885. The van der Waals surface area contributed by atoms with Crippen molar-refractivity contribution in [2.24, 2.45) is 0 Å². The minimum atomic E-state index is -0.169. The highest BCUT2D eigenvalue weighted by atomic mass is 35.5. The van der Waals surface area contributed by atoms with E-state index in [1.807, 2.05) is 54.1 Å². The molecule has 0 aliphatic rings. The molecule has 140 valence electrons. The molecule has 0 saturated carbocycles. The molecular weight excluding hydrogens is 376 g/mol. The maximum Gasteiger partial charge on any atom is 0.222 e. The van der Waals surface area contributed by atoms with Crippen LogP contribution in [0.25, 0.3) is 28.3 Å². The number of halogens is 1. The van der Waals surface area contributed by atoms with Crippen LogP contribution in [0.15, 0.2) is 55.1 Å². The summed E-state index contributed by atoms with van der Waals surface area (Å²) in [5.41, 5.74) is 4.48. The number of nitrogens with zero attached hydrogens (tertiary/aromatic N) is 4. The maximum absolute atomic E-state index is 11.4. The van der Waals surface area contributed by atoms with Crippen molar-refractivity contribution in [3.8, 4) is 28.3 Å². The van der Waals surface area contributed by atoms with Crippen LogP contribution >= 0.6 is 11.6 Å². The Balaban J connectivity index is 1.90. The van der Waals surface area contributed by atoms with Gasteiger partial charge in [-0.2, -0.15) is 5.10 Å². The molecule has 0 aliphatic carbocycles. The highest BCUT2D eigenvalue weighted by Crippen LogP contribution is 2.33. The number of carbonyl (C=O) groups excluding carboxylic acids is 1. The largest absolute Gasteiger partial charge is 0.312 e. The number of hydrogen-bond donors (Lipinski definition) is 2. The Hall–Kier alpha value is -3.45. The van der Waals surface area contributed by atoms with Crippen molar-refractivity contribution in [2.45, 2.75) is 13.8 Å². The molecule has 2 N–H and O–H groups in total. The predicted octanol–water partition coefficient (Wildman–Crippen LogP) is 4.24. The number of carbonyl (C=O) groups is 1. The van der Waals surface area contributed by atoms with Gasteiger partial charge in [0.2, 0.25) is 5.91 Å². The molecule has 0 saturated heterocycles. The first-order valence-electron chi connectivity index (χ1n) is 8.61. The van der Waals surface area contributed by atoms with E-state index >= 15 is 0 Å². The van der Waals surface area contributed by atoms with Crippen LogP contribution in [-0.2, 0) is 4.79 Å². The van der Waals surface area contributed by atoms with Crippen molar-refractivity contribution in [3.63, 3.8) is 0 Å². The van der Waals surface area contributed by atoms with Gasteiger partial charge in [-0.1, -0.05) is 23.7 Å². The SMILES string of the molecule is CC(=O)Nc1cc(-c2cc(-c3nc[nH]n3)n(-c3ccccc3Cl)c2)c(C)cn1. The average Bonchev–Trinajstić information content (AvgIpc) is 3.32. The summed E-state index contributed by atoms with van der Waals surface area (Å²) in [6.45, 7) is 3.43. The third-order valence-corrected chi connectivity index (χ3v) is 4.61. The van der Waals surface area contributed by atoms with Crippen LogP contribution in [0.2, 0.25) is 5.02 Å². The van der Waals surface area contributed by atoms with Gasteiger partial charge in [0.1, 0.15) is 12.1 Å². The van der Waals surface area contributed by atoms with Gasteiger partial charge in [-0.3, -0.25) is 9.89 Å². The summed E-state index contributed by atoms with van der Waals surface area (Å²) in [6.07, 6.45) is 5.25. The molecule has 0 unspecified atom stereocenters. The molecule has 0 aliphatic heterocycles. The van der Waals surface area contributed by atoms with Crippen molar-refractivity contribution >= 4 is 23.3 Å². The van der Waals surface area contributed by atoms with Gasteiger partial charge in [-0.05, 0) is 42.3 Å². The Labute approximate surface area is 166 Å². The van der Waals surface area contributed by atoms with Crippen LogP contribution in [0.1, 0.15) is 12.5 Å². The predicted molar refractivity (Wildman–Crippen MR) is 108 cm³/mol. The number of aryl methyl sites for hydroxylation is 1. The van der Waals surface area contributed by atoms with E-state index in [0.29, 0.717) is 16.7 Å². The van der Waals surface area contributed by atoms with E-state index in [1.54, 1.807) is 6.20 Å². The highest BCUT2D eigenvalue weighted by molar-refractivity contribution is 6.32. The lowest BCUT2D eigenvalue weighted by molar-refractivity contribution is -0.114. The Morgan fingerprint density at radius 2 is 2.04 bits per heavy atom. The second kappa shape index (κ2) is 7.28. The van der Waals surface area contributed by atoms with E-state index in [-0.39, 0.29) is 5.91 Å². The third-order valence-electron chi connectivity index (χ3n) is 4.29. The number of aromatic nitrogens is 5. The molecule has 1 amide bonds. The molecule has 0 bridgehead atoms. The second-order valence-electron chi connectivity index (χ2n) is 6.32. The van der Waals surface area contributed by atoms with Crippen LogP contribution in [-0.4, -0.2) is 30.6 Å². The van der Waals surface area contributed by atoms with E-state index in [1.165, 1.54) is 13.3 Å². The van der Waals surface area contributed by atoms with Gasteiger partial charge < -0.3 is 9.88 Å². The van der Waals surface area contributed by atoms with Crippen LogP contribution < -0.4 is 5.32 Å². The zero-order chi connectivity index (χ0) is 19.7. The first-order valence-corrected chi connectivity index (χ1v) is 8.99. The van der Waals surface area contributed by atoms with Gasteiger partial charge in [0.05, 0.1) is 16.4 Å². The number of pyridine rings is 1. The first-order chi connectivity index (χ1) is 13.5. The molecule has 28 heavy (non-hydrogen) atoms. The molecule has 8 heteroatoms. The molecule has 4 rings (SSSR count). The fourth-order valence-electron chi connectivity index (χ4n) is 3.04. The van der Waals surface area contributed by atoms with Gasteiger partial charge in [-0.15, -0.1) is 0 Å². The van der Waals surface area contributed by atoms with Gasteiger partial charge >= 0.3 is 0 Å². The molecule has 0 radical (unpaired) electrons. The smallest absolute Gasteiger partial charge is 0.222 e. The van der Waals surface area contributed by atoms with E-state index in [2.05, 4.69) is 25.5 Å². The van der Waals surface area contributed by atoms with Gasteiger partial charge in [0, 0.05) is 24.9 Å². The monoisotopic (exact) mass is 392 g/mol. The maximum atomic E-state index is 11.4. The molecule has 0 fully saturated rings. The fraction of sp³-hybridized carbons (Fsp3) is 0.100. The molecule has 1 aromatic carbocycles. The normalized spacial score (nSPS) is 10.8. The zero-order valence-corrected chi connectivity index (χ0v) is 16.0. The topological polar surface area (TPSA) is 88.5 Å². The zero-order valence-electron chi connectivity index (χ0n) is 15.3. The number of hydrogen-bond acceptors (Lipinski definition) is 4. The van der Waals surface area contributed by atoms with Crippen molar-refractivity contribution < 1.29 is 4.79 Å². The Bertz CT molecular complexity index is 1150. The van der Waals surface area contributed by atoms with Crippen LogP contribution in [0, 0.1) is 6.92 Å². The van der Waals surface area contributed by atoms with E-state index in [0.717, 1.165) is 28.1 Å². The number of benzene rings is 1. The number of anilines is 1. The van der Waals surface area contributed by atoms with Crippen molar-refractivity contribution in [3.05, 3.63) is 65.7 Å². The summed E-state index contributed by atoms with van der Waals surface area (Å²) < 4.78 is 1.96. The molecule has 4 aromatic rings. The summed E-state index contributed by atoms with van der Waals surface area (Å²) in [4.78, 5) is 19.9. The molecule has 7 nitrogen and oxygen atoms in total. The Kier molecular flexibility index (Phi) is 4.67. The number of H-pyrrole nitrogens is 1. The highest BCUT2D eigenvalue weighted by Gasteiger charge is 2.17. The second-order valence-corrected chi connectivity index (χ2v) is 6.73. The number of aromatic amines is 1. The number of para-hydroxylation sites is 1. The number of nitrogens with one attached hydrogen (secondary N) is 2. The average molecular weight is 393 g/mol. The fourth-order valence-corrected chi connectivity index (χ4v) is 3.27. The van der Waals surface area contributed by atoms with E-state index in [4.69, 9.17) is 11.6 Å². The molecule has 0 atom stereocenters. The van der Waals surface area contributed by atoms with Gasteiger partial charge in [0.25, 0.3) is 0 Å². The summed E-state index contributed by atoms with van der Waals surface area (Å²) >= 11 is 6.43. The van der Waals surface area contributed by atoms with Crippen molar-refractivity contribution in [1.82, 2.24) is 24.7 Å². The van der Waals surface area contributed by atoms with Crippen LogP contribution in [0.3, 0.4) is 0 Å². The summed E-state index contributed by atoms with van der Waals surface area (Å²) in [7, 11) is 0. The molecule has 3 heterocycles. The summed E-state index contributed by atoms with van der Waals surface area (Å²) in [6, 6.07) is 11.4. The van der Waals surface area contributed by atoms with Gasteiger partial charge in [0.15, 0.2) is 5.82 Å². The molecular formula is C20H17ClN6O. The first kappa shape index (κ1) is 17.9. The Morgan fingerprint density at radius 1 is 1.21 bits per heavy atom. The van der Waals surface area contributed by atoms with Crippen LogP contribution in [0.5, 0.6) is 0 Å². The lowest BCUT2D eigenvalue weighted by Crippen LogP contribution is -2.07. The lowest BCUT2D eigenvalue weighted by atomic mass is 10.1. The number of rotatable bonds is 4. The quantitative estimate of drug-likeness (QED) is 0.543.